The predicted octanol–water partition coefficient (Wildman–Crippen LogP) is 0.609. The Balaban J connectivity index is 2.09. The van der Waals surface area contributed by atoms with Crippen molar-refractivity contribution in [2.75, 3.05) is 32.8 Å². The summed E-state index contributed by atoms with van der Waals surface area (Å²) in [5.74, 6) is 0. The molecular weight excluding hydrogens is 268 g/mol. The summed E-state index contributed by atoms with van der Waals surface area (Å²) < 4.78 is 0. The van der Waals surface area contributed by atoms with Crippen molar-refractivity contribution in [2.24, 2.45) is 0 Å². The highest BCUT2D eigenvalue weighted by molar-refractivity contribution is 5.65. The van der Waals surface area contributed by atoms with Crippen LogP contribution in [0.25, 0.3) is 11.3 Å². The van der Waals surface area contributed by atoms with Crippen molar-refractivity contribution in [3.8, 4) is 11.3 Å². The van der Waals surface area contributed by atoms with Gasteiger partial charge in [-0.3, -0.25) is 4.90 Å². The number of nitrogens with one attached hydrogen (secondary N) is 1. The first-order chi connectivity index (χ1) is 10.3. The molecule has 6 nitrogen and oxygen atoms in total. The number of nitrogens with zero attached hydrogens (tertiary/aromatic N) is 3. The van der Waals surface area contributed by atoms with Crippen LogP contribution in [0.4, 0.5) is 0 Å². The molecule has 1 aromatic heterocycles. The third kappa shape index (κ3) is 4.10. The molecule has 0 aliphatic rings. The van der Waals surface area contributed by atoms with Crippen molar-refractivity contribution < 1.29 is 10.2 Å². The Bertz CT molecular complexity index is 550. The lowest BCUT2D eigenvalue weighted by molar-refractivity contribution is 0.162. The molecule has 0 bridgehead atoms. The van der Waals surface area contributed by atoms with E-state index in [0.717, 1.165) is 35.5 Å². The van der Waals surface area contributed by atoms with Gasteiger partial charge in [-0.15, -0.1) is 0 Å². The number of aryl methyl sites for hydroxylation is 1. The first kappa shape index (κ1) is 15.6. The second-order valence-corrected chi connectivity index (χ2v) is 4.97. The van der Waals surface area contributed by atoms with Crippen LogP contribution in [0.3, 0.4) is 0 Å². The number of benzene rings is 1. The first-order valence-corrected chi connectivity index (χ1v) is 7.16. The summed E-state index contributed by atoms with van der Waals surface area (Å²) >= 11 is 0. The van der Waals surface area contributed by atoms with Crippen LogP contribution in [0.2, 0.25) is 0 Å². The van der Waals surface area contributed by atoms with E-state index in [1.54, 1.807) is 0 Å². The van der Waals surface area contributed by atoms with Crippen LogP contribution < -0.4 is 0 Å². The van der Waals surface area contributed by atoms with Crippen molar-refractivity contribution in [1.29, 1.82) is 0 Å². The zero-order valence-electron chi connectivity index (χ0n) is 12.3. The molecule has 1 aromatic carbocycles. The highest BCUT2D eigenvalue weighted by atomic mass is 16.3. The van der Waals surface area contributed by atoms with Gasteiger partial charge in [-0.25, -0.2) is 0 Å². The van der Waals surface area contributed by atoms with Gasteiger partial charge in [0.15, 0.2) is 0 Å². The minimum absolute atomic E-state index is 0.0868. The molecule has 0 aliphatic carbocycles. The Morgan fingerprint density at radius 2 is 1.76 bits per heavy atom. The lowest BCUT2D eigenvalue weighted by Crippen LogP contribution is -2.31. The van der Waals surface area contributed by atoms with Crippen molar-refractivity contribution >= 4 is 0 Å². The van der Waals surface area contributed by atoms with Gasteiger partial charge >= 0.3 is 0 Å². The van der Waals surface area contributed by atoms with Gasteiger partial charge in [-0.05, 0) is 12.5 Å². The molecule has 0 spiro atoms. The summed E-state index contributed by atoms with van der Waals surface area (Å²) in [6.45, 7) is 4.06. The molecule has 21 heavy (non-hydrogen) atoms. The van der Waals surface area contributed by atoms with Crippen LogP contribution in [0.15, 0.2) is 24.3 Å². The van der Waals surface area contributed by atoms with Crippen LogP contribution in [0.1, 0.15) is 11.3 Å². The largest absolute Gasteiger partial charge is 0.395 e. The van der Waals surface area contributed by atoms with Gasteiger partial charge in [-0.1, -0.05) is 24.3 Å². The van der Waals surface area contributed by atoms with Gasteiger partial charge in [0.1, 0.15) is 5.69 Å². The second-order valence-electron chi connectivity index (χ2n) is 4.97. The van der Waals surface area contributed by atoms with Crippen molar-refractivity contribution in [3.63, 3.8) is 0 Å². The number of aliphatic hydroxyl groups excluding tert-OH is 2. The highest BCUT2D eigenvalue weighted by Gasteiger charge is 2.13. The molecule has 0 amide bonds. The van der Waals surface area contributed by atoms with E-state index in [2.05, 4.69) is 28.4 Å². The maximum atomic E-state index is 9.03. The molecule has 0 aliphatic heterocycles. The average Bonchev–Trinajstić information content (AvgIpc) is 2.94. The molecule has 6 heteroatoms. The van der Waals surface area contributed by atoms with Crippen LogP contribution in [0, 0.1) is 6.92 Å². The number of hydrogen-bond acceptors (Lipinski definition) is 5. The SMILES string of the molecule is Cc1ccccc1-c1n[nH]nc1CCN(CCO)CCO. The number of H-pyrrole nitrogens is 1. The van der Waals surface area contributed by atoms with Crippen molar-refractivity contribution in [2.45, 2.75) is 13.3 Å². The Hall–Kier alpha value is -1.76. The van der Waals surface area contributed by atoms with E-state index >= 15 is 0 Å². The molecule has 0 unspecified atom stereocenters. The summed E-state index contributed by atoms with van der Waals surface area (Å²) in [5, 5.41) is 29.3. The monoisotopic (exact) mass is 290 g/mol. The second kappa shape index (κ2) is 7.87. The third-order valence-corrected chi connectivity index (χ3v) is 3.52. The fourth-order valence-corrected chi connectivity index (χ4v) is 2.36. The fourth-order valence-electron chi connectivity index (χ4n) is 2.36. The molecule has 2 rings (SSSR count). The van der Waals surface area contributed by atoms with E-state index < -0.39 is 0 Å². The third-order valence-electron chi connectivity index (χ3n) is 3.52. The average molecular weight is 290 g/mol. The zero-order valence-corrected chi connectivity index (χ0v) is 12.3. The van der Waals surface area contributed by atoms with Gasteiger partial charge < -0.3 is 10.2 Å². The Kier molecular flexibility index (Phi) is 5.86. The number of rotatable bonds is 8. The molecule has 114 valence electrons. The topological polar surface area (TPSA) is 85.3 Å². The van der Waals surface area contributed by atoms with Gasteiger partial charge in [0, 0.05) is 31.6 Å². The summed E-state index contributed by atoms with van der Waals surface area (Å²) in [5.41, 5.74) is 4.03. The van der Waals surface area contributed by atoms with Gasteiger partial charge in [-0.2, -0.15) is 15.4 Å². The highest BCUT2D eigenvalue weighted by Crippen LogP contribution is 2.23. The van der Waals surface area contributed by atoms with E-state index in [1.165, 1.54) is 0 Å². The molecule has 0 radical (unpaired) electrons. The minimum Gasteiger partial charge on any atom is -0.395 e. The van der Waals surface area contributed by atoms with Gasteiger partial charge in [0.05, 0.1) is 18.9 Å². The molecular formula is C15H22N4O2. The maximum Gasteiger partial charge on any atom is 0.116 e. The zero-order chi connectivity index (χ0) is 15.1. The van der Waals surface area contributed by atoms with Crippen LogP contribution in [-0.2, 0) is 6.42 Å². The maximum absolute atomic E-state index is 9.03. The Labute approximate surface area is 124 Å². The van der Waals surface area contributed by atoms with Crippen LogP contribution in [-0.4, -0.2) is 63.4 Å². The van der Waals surface area contributed by atoms with E-state index in [1.807, 2.05) is 23.1 Å². The van der Waals surface area contributed by atoms with E-state index in [-0.39, 0.29) is 13.2 Å². The smallest absolute Gasteiger partial charge is 0.116 e. The molecule has 3 N–H and O–H groups in total. The van der Waals surface area contributed by atoms with Gasteiger partial charge in [0.2, 0.25) is 0 Å². The number of aromatic nitrogens is 3. The molecule has 0 saturated carbocycles. The Morgan fingerprint density at radius 1 is 1.05 bits per heavy atom. The van der Waals surface area contributed by atoms with Gasteiger partial charge in [0.25, 0.3) is 0 Å². The van der Waals surface area contributed by atoms with Crippen LogP contribution in [0.5, 0.6) is 0 Å². The summed E-state index contributed by atoms with van der Waals surface area (Å²) in [7, 11) is 0. The fraction of sp³-hybridized carbons (Fsp3) is 0.467. The van der Waals surface area contributed by atoms with E-state index in [0.29, 0.717) is 13.1 Å². The minimum atomic E-state index is 0.0868. The summed E-state index contributed by atoms with van der Waals surface area (Å²) in [6.07, 6.45) is 0.722. The number of aromatic amines is 1. The molecule has 0 saturated heterocycles. The van der Waals surface area contributed by atoms with Crippen LogP contribution >= 0.6 is 0 Å². The number of aliphatic hydroxyl groups is 2. The lowest BCUT2D eigenvalue weighted by Gasteiger charge is -2.19. The van der Waals surface area contributed by atoms with E-state index in [9.17, 15) is 0 Å². The normalized spacial score (nSPS) is 11.2. The molecule has 2 aromatic rings. The molecule has 1 heterocycles. The summed E-state index contributed by atoms with van der Waals surface area (Å²) in [4.78, 5) is 2.01. The standard InChI is InChI=1S/C15H22N4O2/c1-12-4-2-3-5-13(12)15-14(16-18-17-15)6-7-19(8-10-20)9-11-21/h2-5,20-21H,6-11H2,1H3,(H,16,17,18). The first-order valence-electron chi connectivity index (χ1n) is 7.16. The lowest BCUT2D eigenvalue weighted by atomic mass is 10.0. The molecule has 0 atom stereocenters. The quantitative estimate of drug-likeness (QED) is 0.663. The summed E-state index contributed by atoms with van der Waals surface area (Å²) in [6, 6.07) is 8.08. The van der Waals surface area contributed by atoms with Crippen molar-refractivity contribution in [3.05, 3.63) is 35.5 Å². The predicted molar refractivity (Wildman–Crippen MR) is 80.9 cm³/mol. The number of hydrogen-bond donors (Lipinski definition) is 3. The molecule has 0 fully saturated rings. The van der Waals surface area contributed by atoms with E-state index in [4.69, 9.17) is 10.2 Å². The Morgan fingerprint density at radius 3 is 2.43 bits per heavy atom. The van der Waals surface area contributed by atoms with Crippen molar-refractivity contribution in [1.82, 2.24) is 20.3 Å².